The van der Waals surface area contributed by atoms with Crippen molar-refractivity contribution in [1.29, 1.82) is 0 Å². The first kappa shape index (κ1) is 21.7. The summed E-state index contributed by atoms with van der Waals surface area (Å²) in [7, 11) is 0. The Morgan fingerprint density at radius 1 is 1.07 bits per heavy atom. The Hall–Kier alpha value is -2.64. The van der Waals surface area contributed by atoms with Crippen LogP contribution in [0.15, 0.2) is 48.5 Å². The monoisotopic (exact) mass is 418 g/mol. The van der Waals surface area contributed by atoms with Gasteiger partial charge in [-0.25, -0.2) is 0 Å². The van der Waals surface area contributed by atoms with Crippen molar-refractivity contribution >= 4 is 46.4 Å². The standard InChI is InChI=1S/C20H23ClN4O2S/c1-2-3-5-14-8-10-17(11-9-14)23-20(28)25-24-18(26)13-22-19(27)15-6-4-7-16(21)12-15/h4,6-12H,2-3,5,13H2,1H3,(H,22,27)(H,24,26)(H2,23,25,28). The van der Waals surface area contributed by atoms with E-state index in [0.717, 1.165) is 24.9 Å². The molecule has 0 atom stereocenters. The van der Waals surface area contributed by atoms with Crippen LogP contribution < -0.4 is 21.5 Å². The average molecular weight is 419 g/mol. The van der Waals surface area contributed by atoms with Crippen LogP contribution in [0.25, 0.3) is 0 Å². The molecule has 0 aliphatic carbocycles. The number of anilines is 1. The second kappa shape index (κ2) is 11.3. The third-order valence-electron chi connectivity index (χ3n) is 3.84. The number of unbranched alkanes of at least 4 members (excludes halogenated alkanes) is 1. The molecule has 0 aliphatic rings. The molecule has 0 unspecified atom stereocenters. The van der Waals surface area contributed by atoms with E-state index < -0.39 is 5.91 Å². The van der Waals surface area contributed by atoms with Crippen LogP contribution in [0, 0.1) is 0 Å². The highest BCUT2D eigenvalue weighted by Gasteiger charge is 2.08. The van der Waals surface area contributed by atoms with Gasteiger partial charge in [0.15, 0.2) is 5.11 Å². The lowest BCUT2D eigenvalue weighted by Gasteiger charge is -2.12. The van der Waals surface area contributed by atoms with E-state index in [2.05, 4.69) is 28.4 Å². The van der Waals surface area contributed by atoms with Crippen molar-refractivity contribution in [3.63, 3.8) is 0 Å². The topological polar surface area (TPSA) is 82.3 Å². The number of hydrogen-bond acceptors (Lipinski definition) is 3. The largest absolute Gasteiger partial charge is 0.343 e. The Morgan fingerprint density at radius 3 is 2.50 bits per heavy atom. The normalized spacial score (nSPS) is 10.1. The fourth-order valence-electron chi connectivity index (χ4n) is 2.36. The molecule has 2 aromatic rings. The molecule has 0 saturated heterocycles. The Balaban J connectivity index is 1.70. The van der Waals surface area contributed by atoms with Crippen LogP contribution in [-0.2, 0) is 11.2 Å². The van der Waals surface area contributed by atoms with Crippen LogP contribution in [0.3, 0.4) is 0 Å². The lowest BCUT2D eigenvalue weighted by molar-refractivity contribution is -0.120. The average Bonchev–Trinajstić information content (AvgIpc) is 2.70. The van der Waals surface area contributed by atoms with Crippen molar-refractivity contribution in [1.82, 2.24) is 16.2 Å². The van der Waals surface area contributed by atoms with Gasteiger partial charge in [-0.1, -0.05) is 43.1 Å². The number of carbonyl (C=O) groups is 2. The van der Waals surface area contributed by atoms with Gasteiger partial charge in [0.1, 0.15) is 0 Å². The van der Waals surface area contributed by atoms with Crippen LogP contribution in [-0.4, -0.2) is 23.5 Å². The third kappa shape index (κ3) is 7.54. The van der Waals surface area contributed by atoms with E-state index in [1.54, 1.807) is 18.2 Å². The summed E-state index contributed by atoms with van der Waals surface area (Å²) in [5.74, 6) is -0.823. The predicted molar refractivity (Wildman–Crippen MR) is 116 cm³/mol. The third-order valence-corrected chi connectivity index (χ3v) is 4.28. The first-order valence-corrected chi connectivity index (χ1v) is 9.75. The first-order valence-electron chi connectivity index (χ1n) is 8.96. The molecular formula is C20H23ClN4O2S. The Morgan fingerprint density at radius 2 is 1.82 bits per heavy atom. The fourth-order valence-corrected chi connectivity index (χ4v) is 2.72. The van der Waals surface area contributed by atoms with Crippen molar-refractivity contribution in [3.05, 3.63) is 64.7 Å². The summed E-state index contributed by atoms with van der Waals surface area (Å²) in [6.07, 6.45) is 3.37. The highest BCUT2D eigenvalue weighted by atomic mass is 35.5. The lowest BCUT2D eigenvalue weighted by Crippen LogP contribution is -2.47. The minimum atomic E-state index is -0.436. The number of hydrogen-bond donors (Lipinski definition) is 4. The van der Waals surface area contributed by atoms with Gasteiger partial charge in [-0.2, -0.15) is 0 Å². The van der Waals surface area contributed by atoms with E-state index in [1.807, 2.05) is 24.3 Å². The summed E-state index contributed by atoms with van der Waals surface area (Å²) in [5.41, 5.74) is 7.50. The number of rotatable bonds is 7. The van der Waals surface area contributed by atoms with Crippen molar-refractivity contribution in [2.45, 2.75) is 26.2 Å². The summed E-state index contributed by atoms with van der Waals surface area (Å²) in [5, 5.41) is 6.19. The molecule has 0 heterocycles. The molecule has 6 nitrogen and oxygen atoms in total. The zero-order chi connectivity index (χ0) is 20.4. The number of benzene rings is 2. The van der Waals surface area contributed by atoms with Crippen LogP contribution >= 0.6 is 23.8 Å². The number of carbonyl (C=O) groups excluding carboxylic acids is 2. The highest BCUT2D eigenvalue weighted by Crippen LogP contribution is 2.12. The number of halogens is 1. The summed E-state index contributed by atoms with van der Waals surface area (Å²) in [6.45, 7) is 1.96. The van der Waals surface area contributed by atoms with Gasteiger partial charge in [0.25, 0.3) is 11.8 Å². The van der Waals surface area contributed by atoms with Gasteiger partial charge in [-0.05, 0) is 61.0 Å². The van der Waals surface area contributed by atoms with Crippen molar-refractivity contribution in [3.8, 4) is 0 Å². The van der Waals surface area contributed by atoms with Gasteiger partial charge < -0.3 is 10.6 Å². The van der Waals surface area contributed by atoms with Crippen molar-refractivity contribution < 1.29 is 9.59 Å². The number of nitrogens with one attached hydrogen (secondary N) is 4. The number of hydrazine groups is 1. The van der Waals surface area contributed by atoms with Crippen LogP contribution in [0.5, 0.6) is 0 Å². The summed E-state index contributed by atoms with van der Waals surface area (Å²) in [4.78, 5) is 23.8. The molecule has 8 heteroatoms. The molecular weight excluding hydrogens is 396 g/mol. The fraction of sp³-hybridized carbons (Fsp3) is 0.250. The molecule has 0 aliphatic heterocycles. The van der Waals surface area contributed by atoms with E-state index >= 15 is 0 Å². The van der Waals surface area contributed by atoms with Gasteiger partial charge in [0.05, 0.1) is 6.54 Å². The number of aryl methyl sites for hydroxylation is 1. The van der Waals surface area contributed by atoms with E-state index in [0.29, 0.717) is 10.6 Å². The summed E-state index contributed by atoms with van der Waals surface area (Å²) >= 11 is 11.0. The quantitative estimate of drug-likeness (QED) is 0.409. The zero-order valence-electron chi connectivity index (χ0n) is 15.5. The second-order valence-corrected chi connectivity index (χ2v) is 6.97. The maximum atomic E-state index is 12.0. The lowest BCUT2D eigenvalue weighted by atomic mass is 10.1. The molecule has 2 rings (SSSR count). The van der Waals surface area contributed by atoms with Gasteiger partial charge in [-0.3, -0.25) is 20.4 Å². The molecule has 0 aromatic heterocycles. The Labute approximate surface area is 175 Å². The molecule has 2 aromatic carbocycles. The predicted octanol–water partition coefficient (Wildman–Crippen LogP) is 3.43. The molecule has 2 amide bonds. The maximum absolute atomic E-state index is 12.0. The summed E-state index contributed by atoms with van der Waals surface area (Å²) in [6, 6.07) is 14.4. The van der Waals surface area contributed by atoms with E-state index in [9.17, 15) is 9.59 Å². The van der Waals surface area contributed by atoms with Crippen molar-refractivity contribution in [2.75, 3.05) is 11.9 Å². The zero-order valence-corrected chi connectivity index (χ0v) is 17.1. The summed E-state index contributed by atoms with van der Waals surface area (Å²) < 4.78 is 0. The second-order valence-electron chi connectivity index (χ2n) is 6.12. The first-order chi connectivity index (χ1) is 13.5. The Kier molecular flexibility index (Phi) is 8.71. The number of thiocarbonyl (C=S) groups is 1. The van der Waals surface area contributed by atoms with Gasteiger partial charge in [0.2, 0.25) is 0 Å². The van der Waals surface area contributed by atoms with Gasteiger partial charge in [0, 0.05) is 16.3 Å². The molecule has 0 saturated carbocycles. The van der Waals surface area contributed by atoms with Crippen LogP contribution in [0.2, 0.25) is 5.02 Å². The SMILES string of the molecule is CCCCc1ccc(NC(=S)NNC(=O)CNC(=O)c2cccc(Cl)c2)cc1. The number of amides is 2. The van der Waals surface area contributed by atoms with E-state index in [1.165, 1.54) is 11.6 Å². The highest BCUT2D eigenvalue weighted by molar-refractivity contribution is 7.80. The van der Waals surface area contributed by atoms with Gasteiger partial charge >= 0.3 is 0 Å². The molecule has 0 bridgehead atoms. The minimum absolute atomic E-state index is 0.201. The van der Waals surface area contributed by atoms with Crippen LogP contribution in [0.1, 0.15) is 35.7 Å². The van der Waals surface area contributed by atoms with E-state index in [-0.39, 0.29) is 17.6 Å². The molecule has 0 fully saturated rings. The molecule has 4 N–H and O–H groups in total. The molecule has 0 spiro atoms. The van der Waals surface area contributed by atoms with E-state index in [4.69, 9.17) is 23.8 Å². The molecule has 148 valence electrons. The van der Waals surface area contributed by atoms with Crippen molar-refractivity contribution in [2.24, 2.45) is 0 Å². The maximum Gasteiger partial charge on any atom is 0.257 e. The Bertz CT molecular complexity index is 827. The minimum Gasteiger partial charge on any atom is -0.343 e. The molecule has 28 heavy (non-hydrogen) atoms. The van der Waals surface area contributed by atoms with Crippen LogP contribution in [0.4, 0.5) is 5.69 Å². The smallest absolute Gasteiger partial charge is 0.257 e. The molecule has 0 radical (unpaired) electrons. The van der Waals surface area contributed by atoms with Gasteiger partial charge in [-0.15, -0.1) is 0 Å².